The van der Waals surface area contributed by atoms with Crippen molar-refractivity contribution < 1.29 is 4.74 Å². The summed E-state index contributed by atoms with van der Waals surface area (Å²) in [4.78, 5) is 0. The van der Waals surface area contributed by atoms with E-state index in [0.29, 0.717) is 13.1 Å². The van der Waals surface area contributed by atoms with Gasteiger partial charge in [-0.2, -0.15) is 0 Å². The Balaban J connectivity index is 2.50. The van der Waals surface area contributed by atoms with Gasteiger partial charge in [0.2, 0.25) is 0 Å². The molecule has 1 rings (SSSR count). The van der Waals surface area contributed by atoms with E-state index < -0.39 is 0 Å². The summed E-state index contributed by atoms with van der Waals surface area (Å²) in [6.45, 7) is 1.15. The molecule has 4 heteroatoms. The molecular weight excluding hydrogens is 178 g/mol. The van der Waals surface area contributed by atoms with Gasteiger partial charge in [-0.05, 0) is 12.1 Å². The molecule has 0 aliphatic heterocycles. The van der Waals surface area contributed by atoms with Crippen molar-refractivity contribution in [2.45, 2.75) is 6.04 Å². The molecule has 0 saturated heterocycles. The maximum absolute atomic E-state index is 5.67. The summed E-state index contributed by atoms with van der Waals surface area (Å²) < 4.78 is 5.09. The lowest BCUT2D eigenvalue weighted by Crippen LogP contribution is -2.36. The van der Waals surface area contributed by atoms with Gasteiger partial charge >= 0.3 is 0 Å². The van der Waals surface area contributed by atoms with Crippen molar-refractivity contribution in [2.24, 2.45) is 11.5 Å². The highest BCUT2D eigenvalue weighted by molar-refractivity contribution is 5.48. The van der Waals surface area contributed by atoms with Crippen LogP contribution in [-0.2, 0) is 0 Å². The lowest BCUT2D eigenvalue weighted by molar-refractivity contribution is 0.415. The van der Waals surface area contributed by atoms with Crippen LogP contribution in [0.1, 0.15) is 0 Å². The van der Waals surface area contributed by atoms with Crippen molar-refractivity contribution in [3.63, 3.8) is 0 Å². The van der Waals surface area contributed by atoms with Crippen LogP contribution in [0.25, 0.3) is 0 Å². The van der Waals surface area contributed by atoms with E-state index in [1.54, 1.807) is 7.11 Å². The van der Waals surface area contributed by atoms with Gasteiger partial charge in [-0.25, -0.2) is 0 Å². The monoisotopic (exact) mass is 195 g/mol. The average molecular weight is 195 g/mol. The number of rotatable bonds is 5. The highest BCUT2D eigenvalue weighted by atomic mass is 16.5. The summed E-state index contributed by atoms with van der Waals surface area (Å²) in [6.07, 6.45) is 0. The van der Waals surface area contributed by atoms with Crippen molar-refractivity contribution in [2.75, 3.05) is 25.5 Å². The van der Waals surface area contributed by atoms with Crippen LogP contribution in [0.15, 0.2) is 24.3 Å². The van der Waals surface area contributed by atoms with E-state index in [-0.39, 0.29) is 6.04 Å². The first kappa shape index (κ1) is 10.8. The molecule has 0 heterocycles. The number of methoxy groups -OCH3 is 1. The quantitative estimate of drug-likeness (QED) is 0.635. The van der Waals surface area contributed by atoms with Crippen LogP contribution in [0.5, 0.6) is 5.75 Å². The predicted molar refractivity (Wildman–Crippen MR) is 58.5 cm³/mol. The number of benzene rings is 1. The fourth-order valence-corrected chi connectivity index (χ4v) is 1.07. The van der Waals surface area contributed by atoms with Crippen molar-refractivity contribution in [1.82, 2.24) is 0 Å². The van der Waals surface area contributed by atoms with Crippen molar-refractivity contribution in [3.05, 3.63) is 24.3 Å². The van der Waals surface area contributed by atoms with Gasteiger partial charge < -0.3 is 21.5 Å². The summed E-state index contributed by atoms with van der Waals surface area (Å²) in [5, 5.41) is 3.19. The molecule has 1 atom stereocenters. The molecule has 0 spiro atoms. The molecular formula is C10H17N3O. The molecule has 1 aromatic carbocycles. The zero-order valence-corrected chi connectivity index (χ0v) is 8.36. The van der Waals surface area contributed by atoms with Crippen molar-refractivity contribution in [1.29, 1.82) is 0 Å². The first-order chi connectivity index (χ1) is 6.76. The molecule has 14 heavy (non-hydrogen) atoms. The lowest BCUT2D eigenvalue weighted by atomic mass is 10.2. The van der Waals surface area contributed by atoms with Gasteiger partial charge in [0, 0.05) is 30.9 Å². The molecule has 0 fully saturated rings. The van der Waals surface area contributed by atoms with E-state index in [2.05, 4.69) is 5.32 Å². The number of anilines is 1. The Morgan fingerprint density at radius 1 is 1.50 bits per heavy atom. The minimum atomic E-state index is -0.0128. The summed E-state index contributed by atoms with van der Waals surface area (Å²) in [6, 6.07) is 7.69. The molecule has 0 saturated carbocycles. The Hall–Kier alpha value is -1.26. The fourth-order valence-electron chi connectivity index (χ4n) is 1.07. The molecule has 0 aliphatic carbocycles. The maximum Gasteiger partial charge on any atom is 0.120 e. The van der Waals surface area contributed by atoms with E-state index in [0.717, 1.165) is 11.4 Å². The minimum absolute atomic E-state index is 0.0128. The standard InChI is InChI=1S/C10H17N3O/c1-14-10-4-2-3-9(5-10)13-7-8(12)6-11/h2-5,8,13H,6-7,11-12H2,1H3. The normalized spacial score (nSPS) is 12.2. The van der Waals surface area contributed by atoms with E-state index >= 15 is 0 Å². The minimum Gasteiger partial charge on any atom is -0.497 e. The Kier molecular flexibility index (Phi) is 4.22. The Morgan fingerprint density at radius 2 is 2.29 bits per heavy atom. The number of ether oxygens (including phenoxy) is 1. The van der Waals surface area contributed by atoms with Crippen LogP contribution in [0, 0.1) is 0 Å². The van der Waals surface area contributed by atoms with Gasteiger partial charge in [-0.3, -0.25) is 0 Å². The molecule has 78 valence electrons. The predicted octanol–water partition coefficient (Wildman–Crippen LogP) is 0.393. The number of hydrogen-bond acceptors (Lipinski definition) is 4. The first-order valence-electron chi connectivity index (χ1n) is 4.60. The largest absolute Gasteiger partial charge is 0.497 e. The second-order valence-corrected chi connectivity index (χ2v) is 3.11. The molecule has 0 aliphatic rings. The summed E-state index contributed by atoms with van der Waals surface area (Å²) in [7, 11) is 1.64. The zero-order valence-electron chi connectivity index (χ0n) is 8.36. The molecule has 0 radical (unpaired) electrons. The van der Waals surface area contributed by atoms with E-state index in [4.69, 9.17) is 16.2 Å². The van der Waals surface area contributed by atoms with Crippen molar-refractivity contribution >= 4 is 5.69 Å². The highest BCUT2D eigenvalue weighted by Crippen LogP contribution is 2.16. The van der Waals surface area contributed by atoms with Crippen LogP contribution in [0.2, 0.25) is 0 Å². The van der Waals surface area contributed by atoms with Gasteiger partial charge in [-0.1, -0.05) is 6.07 Å². The van der Waals surface area contributed by atoms with Crippen molar-refractivity contribution in [3.8, 4) is 5.75 Å². The van der Waals surface area contributed by atoms with Gasteiger partial charge in [0.05, 0.1) is 7.11 Å². The topological polar surface area (TPSA) is 73.3 Å². The average Bonchev–Trinajstić information content (AvgIpc) is 2.26. The number of nitrogens with two attached hydrogens (primary N) is 2. The van der Waals surface area contributed by atoms with Gasteiger partial charge in [-0.15, -0.1) is 0 Å². The van der Waals surface area contributed by atoms with Crippen LogP contribution < -0.4 is 21.5 Å². The SMILES string of the molecule is COc1cccc(NCC(N)CN)c1. The Morgan fingerprint density at radius 3 is 2.93 bits per heavy atom. The Bertz CT molecular complexity index is 278. The third-order valence-electron chi connectivity index (χ3n) is 1.94. The second-order valence-electron chi connectivity index (χ2n) is 3.11. The summed E-state index contributed by atoms with van der Waals surface area (Å²) in [5.74, 6) is 0.830. The summed E-state index contributed by atoms with van der Waals surface area (Å²) in [5.41, 5.74) is 12.1. The van der Waals surface area contributed by atoms with E-state index in [1.807, 2.05) is 24.3 Å². The van der Waals surface area contributed by atoms with Gasteiger partial charge in [0.1, 0.15) is 5.75 Å². The smallest absolute Gasteiger partial charge is 0.120 e. The van der Waals surface area contributed by atoms with Gasteiger partial charge in [0.15, 0.2) is 0 Å². The lowest BCUT2D eigenvalue weighted by Gasteiger charge is -2.11. The molecule has 5 N–H and O–H groups in total. The maximum atomic E-state index is 5.67. The fraction of sp³-hybridized carbons (Fsp3) is 0.400. The zero-order chi connectivity index (χ0) is 10.4. The molecule has 0 aromatic heterocycles. The number of nitrogens with one attached hydrogen (secondary N) is 1. The first-order valence-corrected chi connectivity index (χ1v) is 4.60. The third-order valence-corrected chi connectivity index (χ3v) is 1.94. The molecule has 1 unspecified atom stereocenters. The van der Waals surface area contributed by atoms with E-state index in [9.17, 15) is 0 Å². The molecule has 4 nitrogen and oxygen atoms in total. The third kappa shape index (κ3) is 3.24. The van der Waals surface area contributed by atoms with Gasteiger partial charge in [0.25, 0.3) is 0 Å². The Labute approximate surface area is 84.2 Å². The molecule has 1 aromatic rings. The van der Waals surface area contributed by atoms with Crippen LogP contribution in [0.3, 0.4) is 0 Å². The van der Waals surface area contributed by atoms with Crippen LogP contribution >= 0.6 is 0 Å². The molecule has 0 bridgehead atoms. The highest BCUT2D eigenvalue weighted by Gasteiger charge is 1.99. The second kappa shape index (κ2) is 5.47. The van der Waals surface area contributed by atoms with E-state index in [1.165, 1.54) is 0 Å². The van der Waals surface area contributed by atoms with Crippen LogP contribution in [-0.4, -0.2) is 26.2 Å². The summed E-state index contributed by atoms with van der Waals surface area (Å²) >= 11 is 0. The number of hydrogen-bond donors (Lipinski definition) is 3. The van der Waals surface area contributed by atoms with Crippen LogP contribution in [0.4, 0.5) is 5.69 Å². The molecule has 0 amide bonds.